The van der Waals surface area contributed by atoms with Crippen molar-refractivity contribution in [2.24, 2.45) is 23.7 Å². The van der Waals surface area contributed by atoms with Gasteiger partial charge in [0.1, 0.15) is 0 Å². The molecule has 7 heteroatoms. The Bertz CT molecular complexity index is 822. The Hall–Kier alpha value is -2.15. The fourth-order valence-electron chi connectivity index (χ4n) is 4.98. The van der Waals surface area contributed by atoms with E-state index in [1.165, 1.54) is 11.3 Å². The van der Waals surface area contributed by atoms with Gasteiger partial charge in [-0.1, -0.05) is 18.1 Å². The number of carboxylic acids is 1. The summed E-state index contributed by atoms with van der Waals surface area (Å²) in [5.74, 6) is -3.19. The minimum atomic E-state index is -0.936. The van der Waals surface area contributed by atoms with Crippen molar-refractivity contribution in [3.8, 4) is 0 Å². The summed E-state index contributed by atoms with van der Waals surface area (Å²) in [6.07, 6.45) is 2.38. The third-order valence-electron chi connectivity index (χ3n) is 6.01. The molecule has 2 aliphatic rings. The number of carbonyl (C=O) groups excluding carboxylic acids is 2. The molecule has 0 aliphatic heterocycles. The van der Waals surface area contributed by atoms with Crippen LogP contribution in [0.25, 0.3) is 0 Å². The fraction of sp³-hybridized carbons (Fsp3) is 0.550. The maximum atomic E-state index is 12.8. The number of hydrazine groups is 1. The van der Waals surface area contributed by atoms with Crippen molar-refractivity contribution < 1.29 is 19.5 Å². The number of hydrogen-bond donors (Lipinski definition) is 3. The van der Waals surface area contributed by atoms with Gasteiger partial charge in [-0.2, -0.15) is 0 Å². The molecule has 1 heterocycles. The first-order valence-corrected chi connectivity index (χ1v) is 10.2. The second-order valence-electron chi connectivity index (χ2n) is 7.62. The normalized spacial score (nSPS) is 26.1. The van der Waals surface area contributed by atoms with E-state index in [0.29, 0.717) is 5.56 Å². The highest BCUT2D eigenvalue weighted by Crippen LogP contribution is 2.57. The molecule has 0 radical (unpaired) electrons. The highest BCUT2D eigenvalue weighted by atomic mass is 32.1. The van der Waals surface area contributed by atoms with E-state index in [4.69, 9.17) is 0 Å². The lowest BCUT2D eigenvalue weighted by atomic mass is 9.79. The molecular formula is C20H26N2O4S. The van der Waals surface area contributed by atoms with Gasteiger partial charge >= 0.3 is 5.97 Å². The first kappa shape index (κ1) is 19.6. The quantitative estimate of drug-likeness (QED) is 0.544. The standard InChI is InChI=1S/C20H26N2O4S/c1-5-11-10(4)27-8-14(11)18(23)21-22-19(24)16-12-6-7-13(15(12)9(2)3)17(16)20(25)26/h8,12-13,16-17H,5-7H2,1-4H3,(H,21,23)(H,22,24)(H,25,26)/t12-,13+,16+,17+/m1/s1. The van der Waals surface area contributed by atoms with Crippen LogP contribution in [-0.4, -0.2) is 22.9 Å². The van der Waals surface area contributed by atoms with Crippen LogP contribution in [-0.2, 0) is 16.0 Å². The van der Waals surface area contributed by atoms with Crippen molar-refractivity contribution in [1.29, 1.82) is 0 Å². The summed E-state index contributed by atoms with van der Waals surface area (Å²) in [6, 6.07) is 0. The second kappa shape index (κ2) is 7.46. The molecule has 1 aromatic rings. The van der Waals surface area contributed by atoms with Crippen LogP contribution in [0.2, 0.25) is 0 Å². The van der Waals surface area contributed by atoms with Gasteiger partial charge in [0.15, 0.2) is 0 Å². The van der Waals surface area contributed by atoms with Crippen LogP contribution in [0, 0.1) is 30.6 Å². The van der Waals surface area contributed by atoms with E-state index < -0.39 is 23.7 Å². The monoisotopic (exact) mass is 390 g/mol. The molecule has 27 heavy (non-hydrogen) atoms. The Morgan fingerprint density at radius 2 is 1.78 bits per heavy atom. The van der Waals surface area contributed by atoms with Gasteiger partial charge in [-0.3, -0.25) is 25.2 Å². The lowest BCUT2D eigenvalue weighted by Gasteiger charge is -2.26. The summed E-state index contributed by atoms with van der Waals surface area (Å²) < 4.78 is 0. The number of aryl methyl sites for hydroxylation is 1. The van der Waals surface area contributed by atoms with Crippen molar-refractivity contribution in [2.75, 3.05) is 0 Å². The van der Waals surface area contributed by atoms with Gasteiger partial charge < -0.3 is 5.11 Å². The fourth-order valence-corrected chi connectivity index (χ4v) is 5.92. The predicted octanol–water partition coefficient (Wildman–Crippen LogP) is 3.07. The third-order valence-corrected chi connectivity index (χ3v) is 6.96. The molecule has 1 aromatic heterocycles. The molecule has 6 nitrogen and oxygen atoms in total. The van der Waals surface area contributed by atoms with E-state index in [1.54, 1.807) is 5.38 Å². The Morgan fingerprint density at radius 1 is 1.15 bits per heavy atom. The maximum absolute atomic E-state index is 12.8. The Labute approximate surface area is 163 Å². The SMILES string of the molecule is CCc1c(C(=O)NNC(=O)[C@@H]2[C@@H](C(=O)O)[C@H]3CC[C@@H]2C3=C(C)C)csc1C. The van der Waals surface area contributed by atoms with E-state index >= 15 is 0 Å². The topological polar surface area (TPSA) is 95.5 Å². The van der Waals surface area contributed by atoms with Gasteiger partial charge in [-0.15, -0.1) is 11.3 Å². The Morgan fingerprint density at radius 3 is 2.33 bits per heavy atom. The van der Waals surface area contributed by atoms with Crippen LogP contribution in [0.3, 0.4) is 0 Å². The van der Waals surface area contributed by atoms with Crippen LogP contribution in [0.4, 0.5) is 0 Å². The average molecular weight is 391 g/mol. The van der Waals surface area contributed by atoms with Crippen molar-refractivity contribution in [1.82, 2.24) is 10.9 Å². The summed E-state index contributed by atoms with van der Waals surface area (Å²) >= 11 is 1.50. The zero-order valence-electron chi connectivity index (χ0n) is 16.1. The number of carbonyl (C=O) groups is 3. The summed E-state index contributed by atoms with van der Waals surface area (Å²) in [5, 5.41) is 11.5. The molecule has 0 aromatic carbocycles. The molecule has 2 saturated carbocycles. The molecule has 3 N–H and O–H groups in total. The summed E-state index contributed by atoms with van der Waals surface area (Å²) in [5.41, 5.74) is 8.74. The maximum Gasteiger partial charge on any atom is 0.307 e. The molecule has 3 rings (SSSR count). The van der Waals surface area contributed by atoms with Gasteiger partial charge in [0, 0.05) is 10.3 Å². The molecule has 2 fully saturated rings. The first-order valence-electron chi connectivity index (χ1n) is 9.35. The molecule has 2 bridgehead atoms. The average Bonchev–Trinajstić information content (AvgIpc) is 3.29. The summed E-state index contributed by atoms with van der Waals surface area (Å²) in [4.78, 5) is 38.2. The van der Waals surface area contributed by atoms with E-state index in [9.17, 15) is 19.5 Å². The number of aliphatic carboxylic acids is 1. The zero-order valence-corrected chi connectivity index (χ0v) is 16.9. The zero-order chi connectivity index (χ0) is 19.9. The van der Waals surface area contributed by atoms with Gasteiger partial charge in [-0.05, 0) is 57.4 Å². The minimum absolute atomic E-state index is 0.0485. The number of nitrogens with one attached hydrogen (secondary N) is 2. The largest absolute Gasteiger partial charge is 0.481 e. The summed E-state index contributed by atoms with van der Waals surface area (Å²) in [7, 11) is 0. The van der Waals surface area contributed by atoms with Crippen LogP contribution in [0.5, 0.6) is 0 Å². The van der Waals surface area contributed by atoms with E-state index in [0.717, 1.165) is 40.8 Å². The molecule has 0 unspecified atom stereocenters. The minimum Gasteiger partial charge on any atom is -0.481 e. The van der Waals surface area contributed by atoms with Gasteiger partial charge in [0.05, 0.1) is 17.4 Å². The van der Waals surface area contributed by atoms with Crippen LogP contribution < -0.4 is 10.9 Å². The van der Waals surface area contributed by atoms with E-state index in [2.05, 4.69) is 10.9 Å². The van der Waals surface area contributed by atoms with Gasteiger partial charge in [0.25, 0.3) is 5.91 Å². The molecule has 2 aliphatic carbocycles. The number of amides is 2. The second-order valence-corrected chi connectivity index (χ2v) is 8.70. The van der Waals surface area contributed by atoms with Crippen LogP contribution in [0.1, 0.15) is 54.4 Å². The third kappa shape index (κ3) is 3.29. The number of thiophene rings is 1. The molecule has 0 saturated heterocycles. The highest BCUT2D eigenvalue weighted by Gasteiger charge is 2.57. The number of allylic oxidation sites excluding steroid dienone is 2. The van der Waals surface area contributed by atoms with Crippen LogP contribution >= 0.6 is 11.3 Å². The Kier molecular flexibility index (Phi) is 5.42. The molecule has 146 valence electrons. The Balaban J connectivity index is 1.75. The van der Waals surface area contributed by atoms with Crippen molar-refractivity contribution in [2.45, 2.75) is 47.0 Å². The lowest BCUT2D eigenvalue weighted by Crippen LogP contribution is -2.48. The molecule has 4 atom stereocenters. The lowest BCUT2D eigenvalue weighted by molar-refractivity contribution is -0.149. The van der Waals surface area contributed by atoms with E-state index in [1.807, 2.05) is 27.7 Å². The number of rotatable bonds is 4. The van der Waals surface area contributed by atoms with Gasteiger partial charge in [-0.25, -0.2) is 0 Å². The first-order chi connectivity index (χ1) is 12.8. The molecule has 0 spiro atoms. The van der Waals surface area contributed by atoms with Crippen molar-refractivity contribution in [3.05, 3.63) is 32.5 Å². The highest BCUT2D eigenvalue weighted by molar-refractivity contribution is 7.10. The van der Waals surface area contributed by atoms with Crippen LogP contribution in [0.15, 0.2) is 16.5 Å². The predicted molar refractivity (Wildman–Crippen MR) is 103 cm³/mol. The van der Waals surface area contributed by atoms with Gasteiger partial charge in [0.2, 0.25) is 5.91 Å². The van der Waals surface area contributed by atoms with E-state index in [-0.39, 0.29) is 17.7 Å². The molecular weight excluding hydrogens is 364 g/mol. The smallest absolute Gasteiger partial charge is 0.307 e. The number of carboxylic acid groups (broad SMARTS) is 1. The number of fused-ring (bicyclic) bond motifs is 2. The number of hydrogen-bond acceptors (Lipinski definition) is 4. The van der Waals surface area contributed by atoms with Crippen molar-refractivity contribution in [3.63, 3.8) is 0 Å². The summed E-state index contributed by atoms with van der Waals surface area (Å²) in [6.45, 7) is 7.91. The molecule has 2 amide bonds. The van der Waals surface area contributed by atoms with Crippen molar-refractivity contribution >= 4 is 29.1 Å².